The van der Waals surface area contributed by atoms with Crippen molar-refractivity contribution < 1.29 is 13.3 Å². The zero-order valence-corrected chi connectivity index (χ0v) is 17.8. The van der Waals surface area contributed by atoms with Crippen molar-refractivity contribution in [1.29, 1.82) is 0 Å². The summed E-state index contributed by atoms with van der Waals surface area (Å²) in [5, 5.41) is 0. The first-order chi connectivity index (χ1) is 12.8. The van der Waals surface area contributed by atoms with Gasteiger partial charge in [0.15, 0.2) is 0 Å². The van der Waals surface area contributed by atoms with E-state index < -0.39 is 8.80 Å². The van der Waals surface area contributed by atoms with Crippen LogP contribution in [0.25, 0.3) is 0 Å². The Morgan fingerprint density at radius 1 is 0.385 bits per heavy atom. The summed E-state index contributed by atoms with van der Waals surface area (Å²) in [7, 11) is -2.62. The summed E-state index contributed by atoms with van der Waals surface area (Å²) in [6, 6.07) is 0. The molecular formula is C22H40O3Si. The first-order valence-corrected chi connectivity index (χ1v) is 13.7. The molecule has 4 fully saturated rings. The van der Waals surface area contributed by atoms with Gasteiger partial charge in [-0.3, -0.25) is 0 Å². The molecule has 4 heteroatoms. The zero-order chi connectivity index (χ0) is 17.7. The van der Waals surface area contributed by atoms with Crippen LogP contribution in [0, 0.1) is 0 Å². The molecule has 0 spiro atoms. The second-order valence-corrected chi connectivity index (χ2v) is 12.1. The molecule has 0 aromatic carbocycles. The van der Waals surface area contributed by atoms with Crippen LogP contribution in [0.3, 0.4) is 0 Å². The first kappa shape index (κ1) is 19.4. The van der Waals surface area contributed by atoms with Gasteiger partial charge in [-0.05, 0) is 51.4 Å². The Morgan fingerprint density at radius 3 is 1.04 bits per heavy atom. The van der Waals surface area contributed by atoms with E-state index in [0.717, 1.165) is 0 Å². The van der Waals surface area contributed by atoms with Gasteiger partial charge >= 0.3 is 8.80 Å². The average Bonchev–Trinajstić information content (AvgIpc) is 3.38. The number of hydrogen-bond acceptors (Lipinski definition) is 3. The third-order valence-electron chi connectivity index (χ3n) is 7.25. The summed E-state index contributed by atoms with van der Waals surface area (Å²) in [5.74, 6) is 0. The molecule has 4 rings (SSSR count). The van der Waals surface area contributed by atoms with E-state index in [0.29, 0.717) is 23.9 Å². The van der Waals surface area contributed by atoms with E-state index in [9.17, 15) is 0 Å². The third-order valence-corrected chi connectivity index (χ3v) is 10.8. The zero-order valence-electron chi connectivity index (χ0n) is 16.8. The van der Waals surface area contributed by atoms with Crippen molar-refractivity contribution in [2.45, 2.75) is 139 Å². The predicted octanol–water partition coefficient (Wildman–Crippen LogP) is 6.53. The van der Waals surface area contributed by atoms with E-state index in [1.54, 1.807) is 0 Å². The molecule has 4 aliphatic rings. The molecule has 0 N–H and O–H groups in total. The van der Waals surface area contributed by atoms with Crippen molar-refractivity contribution in [3.63, 3.8) is 0 Å². The summed E-state index contributed by atoms with van der Waals surface area (Å²) in [6.45, 7) is 0. The van der Waals surface area contributed by atoms with Gasteiger partial charge in [-0.15, -0.1) is 0 Å². The van der Waals surface area contributed by atoms with E-state index in [4.69, 9.17) is 13.3 Å². The van der Waals surface area contributed by atoms with Crippen LogP contribution in [0.1, 0.15) is 116 Å². The van der Waals surface area contributed by atoms with Crippen LogP contribution in [-0.2, 0) is 13.3 Å². The van der Waals surface area contributed by atoms with Crippen molar-refractivity contribution >= 4 is 8.80 Å². The van der Waals surface area contributed by atoms with Crippen LogP contribution < -0.4 is 0 Å². The molecular weight excluding hydrogens is 340 g/mol. The quantitative estimate of drug-likeness (QED) is 0.371. The predicted molar refractivity (Wildman–Crippen MR) is 107 cm³/mol. The Bertz CT molecular complexity index is 358. The highest BCUT2D eigenvalue weighted by molar-refractivity contribution is 6.62. The van der Waals surface area contributed by atoms with Crippen LogP contribution in [0.2, 0.25) is 5.54 Å². The molecule has 0 saturated heterocycles. The first-order valence-electron chi connectivity index (χ1n) is 11.9. The van der Waals surface area contributed by atoms with E-state index in [1.165, 1.54) is 116 Å². The van der Waals surface area contributed by atoms with Gasteiger partial charge < -0.3 is 13.3 Å². The lowest BCUT2D eigenvalue weighted by molar-refractivity contribution is -0.0246. The second-order valence-electron chi connectivity index (χ2n) is 9.36. The highest BCUT2D eigenvalue weighted by Gasteiger charge is 2.54. The molecule has 0 aromatic heterocycles. The van der Waals surface area contributed by atoms with Crippen molar-refractivity contribution in [1.82, 2.24) is 0 Å². The maximum absolute atomic E-state index is 7.01. The minimum Gasteiger partial charge on any atom is -0.370 e. The van der Waals surface area contributed by atoms with Gasteiger partial charge in [-0.1, -0.05) is 64.2 Å². The molecule has 26 heavy (non-hydrogen) atoms. The van der Waals surface area contributed by atoms with E-state index >= 15 is 0 Å². The smallest absolute Gasteiger partial charge is 0.370 e. The van der Waals surface area contributed by atoms with Crippen molar-refractivity contribution in [2.24, 2.45) is 0 Å². The van der Waals surface area contributed by atoms with Crippen LogP contribution in [0.15, 0.2) is 0 Å². The Balaban J connectivity index is 1.56. The highest BCUT2D eigenvalue weighted by Crippen LogP contribution is 2.44. The molecule has 4 saturated carbocycles. The molecule has 0 aliphatic heterocycles. The van der Waals surface area contributed by atoms with Gasteiger partial charge in [0.1, 0.15) is 0 Å². The molecule has 0 atom stereocenters. The summed E-state index contributed by atoms with van der Waals surface area (Å²) >= 11 is 0. The fourth-order valence-corrected chi connectivity index (χ4v) is 9.68. The Kier molecular flexibility index (Phi) is 7.12. The number of rotatable bonds is 7. The largest absolute Gasteiger partial charge is 0.504 e. The third kappa shape index (κ3) is 4.92. The Morgan fingerprint density at radius 2 is 0.692 bits per heavy atom. The van der Waals surface area contributed by atoms with Gasteiger partial charge in [-0.25, -0.2) is 0 Å². The lowest BCUT2D eigenvalue weighted by Crippen LogP contribution is -2.55. The van der Waals surface area contributed by atoms with Crippen LogP contribution in [0.5, 0.6) is 0 Å². The second kappa shape index (κ2) is 9.53. The highest BCUT2D eigenvalue weighted by atomic mass is 28.4. The molecule has 3 nitrogen and oxygen atoms in total. The molecule has 4 aliphatic carbocycles. The van der Waals surface area contributed by atoms with Crippen molar-refractivity contribution in [3.8, 4) is 0 Å². The summed E-state index contributed by atoms with van der Waals surface area (Å²) in [4.78, 5) is 0. The normalized spacial score (nSPS) is 28.2. The molecule has 0 heterocycles. The van der Waals surface area contributed by atoms with Crippen LogP contribution >= 0.6 is 0 Å². The minimum absolute atomic E-state index is 0.410. The molecule has 0 radical (unpaired) electrons. The average molecular weight is 381 g/mol. The monoisotopic (exact) mass is 380 g/mol. The van der Waals surface area contributed by atoms with Crippen LogP contribution in [0.4, 0.5) is 0 Å². The Hall–Kier alpha value is 0.0969. The lowest BCUT2D eigenvalue weighted by atomic mass is 10.2. The van der Waals surface area contributed by atoms with Crippen molar-refractivity contribution in [2.75, 3.05) is 0 Å². The SMILES string of the molecule is C1CCCC([Si](OC2CCCC2)(OC2CCCC2)OC2CCCC2)CC1. The summed E-state index contributed by atoms with van der Waals surface area (Å²) < 4.78 is 21.0. The lowest BCUT2D eigenvalue weighted by Gasteiger charge is -2.41. The fourth-order valence-electron chi connectivity index (χ4n) is 5.72. The molecule has 0 unspecified atom stereocenters. The van der Waals surface area contributed by atoms with Gasteiger partial charge in [0, 0.05) is 23.9 Å². The maximum Gasteiger partial charge on any atom is 0.504 e. The van der Waals surface area contributed by atoms with Gasteiger partial charge in [0.05, 0.1) is 0 Å². The van der Waals surface area contributed by atoms with Gasteiger partial charge in [0.2, 0.25) is 0 Å². The van der Waals surface area contributed by atoms with E-state index in [1.807, 2.05) is 0 Å². The molecule has 150 valence electrons. The maximum atomic E-state index is 7.01. The molecule has 0 aromatic rings. The molecule has 0 amide bonds. The topological polar surface area (TPSA) is 27.7 Å². The molecule has 0 bridgehead atoms. The summed E-state index contributed by atoms with van der Waals surface area (Å²) in [6.07, 6.45) is 24.6. The van der Waals surface area contributed by atoms with E-state index in [-0.39, 0.29) is 0 Å². The van der Waals surface area contributed by atoms with E-state index in [2.05, 4.69) is 0 Å². The van der Waals surface area contributed by atoms with Crippen molar-refractivity contribution in [3.05, 3.63) is 0 Å². The van der Waals surface area contributed by atoms with Gasteiger partial charge in [-0.2, -0.15) is 0 Å². The van der Waals surface area contributed by atoms with Gasteiger partial charge in [0.25, 0.3) is 0 Å². The fraction of sp³-hybridized carbons (Fsp3) is 1.00. The standard InChI is InChI=1S/C22H40O3Si/c1-2-4-18-22(17-3-1)26(23-19-11-5-6-12-19,24-20-13-7-8-14-20)25-21-15-9-10-16-21/h19-22H,1-18H2. The Labute approximate surface area is 161 Å². The van der Waals surface area contributed by atoms with Crippen LogP contribution in [-0.4, -0.2) is 27.1 Å². The number of hydrogen-bond donors (Lipinski definition) is 0. The summed E-state index contributed by atoms with van der Waals surface area (Å²) in [5.41, 5.74) is 0.562. The minimum atomic E-state index is -2.62.